The molecular formula is C25H24ClFN6O3S. The van der Waals surface area contributed by atoms with Crippen LogP contribution >= 0.6 is 11.6 Å². The van der Waals surface area contributed by atoms with E-state index in [0.717, 1.165) is 49.7 Å². The molecule has 0 bridgehead atoms. The number of furan rings is 1. The van der Waals surface area contributed by atoms with Gasteiger partial charge in [0.25, 0.3) is 0 Å². The van der Waals surface area contributed by atoms with Gasteiger partial charge in [-0.2, -0.15) is 0 Å². The van der Waals surface area contributed by atoms with Crippen LogP contribution < -0.4 is 4.90 Å². The Labute approximate surface area is 218 Å². The second kappa shape index (κ2) is 9.55. The molecule has 1 saturated carbocycles. The average Bonchev–Trinajstić information content (AvgIpc) is 3.37. The number of nitrogens with zero attached hydrogens (tertiary/aromatic N) is 6. The highest BCUT2D eigenvalue weighted by Crippen LogP contribution is 2.32. The van der Waals surface area contributed by atoms with E-state index >= 15 is 0 Å². The van der Waals surface area contributed by atoms with E-state index in [1.165, 1.54) is 42.0 Å². The van der Waals surface area contributed by atoms with Crippen molar-refractivity contribution in [3.63, 3.8) is 0 Å². The van der Waals surface area contributed by atoms with Crippen molar-refractivity contribution in [3.8, 4) is 16.9 Å². The van der Waals surface area contributed by atoms with E-state index in [1.807, 2.05) is 12.3 Å². The Morgan fingerprint density at radius 2 is 1.92 bits per heavy atom. The lowest BCUT2D eigenvalue weighted by Crippen LogP contribution is -2.47. The Balaban J connectivity index is 1.25. The zero-order valence-corrected chi connectivity index (χ0v) is 21.4. The van der Waals surface area contributed by atoms with Crippen molar-refractivity contribution in [1.29, 1.82) is 0 Å². The second-order valence-corrected chi connectivity index (χ2v) is 11.7. The van der Waals surface area contributed by atoms with Gasteiger partial charge in [0.05, 0.1) is 35.1 Å². The van der Waals surface area contributed by atoms with E-state index in [9.17, 15) is 12.8 Å². The van der Waals surface area contributed by atoms with Gasteiger partial charge in [0.15, 0.2) is 9.84 Å². The summed E-state index contributed by atoms with van der Waals surface area (Å²) >= 11 is 6.50. The lowest BCUT2D eigenvalue weighted by molar-refractivity contribution is 0.248. The van der Waals surface area contributed by atoms with Crippen LogP contribution in [0.15, 0.2) is 64.7 Å². The molecule has 4 heterocycles. The van der Waals surface area contributed by atoms with Crippen molar-refractivity contribution in [2.24, 2.45) is 0 Å². The van der Waals surface area contributed by atoms with E-state index in [1.54, 1.807) is 12.4 Å². The number of hydrogen-bond donors (Lipinski definition) is 0. The van der Waals surface area contributed by atoms with Gasteiger partial charge in [0, 0.05) is 44.0 Å². The van der Waals surface area contributed by atoms with Crippen LogP contribution in [0, 0.1) is 5.82 Å². The van der Waals surface area contributed by atoms with E-state index in [2.05, 4.69) is 25.1 Å². The van der Waals surface area contributed by atoms with Gasteiger partial charge in [-0.05, 0) is 36.6 Å². The van der Waals surface area contributed by atoms with Crippen LogP contribution in [0.5, 0.6) is 0 Å². The zero-order chi connectivity index (χ0) is 25.6. The molecule has 0 atom stereocenters. The van der Waals surface area contributed by atoms with E-state index < -0.39 is 21.4 Å². The van der Waals surface area contributed by atoms with Crippen LogP contribution in [-0.4, -0.2) is 65.5 Å². The molecule has 4 aromatic rings. The van der Waals surface area contributed by atoms with Gasteiger partial charge < -0.3 is 9.32 Å². The van der Waals surface area contributed by atoms with Gasteiger partial charge in [-0.25, -0.2) is 17.5 Å². The summed E-state index contributed by atoms with van der Waals surface area (Å²) in [6.45, 7) is 3.94. The van der Waals surface area contributed by atoms with Crippen molar-refractivity contribution in [2.75, 3.05) is 31.1 Å². The van der Waals surface area contributed by atoms with Crippen molar-refractivity contribution >= 4 is 27.1 Å². The topological polar surface area (TPSA) is 97.4 Å². The normalized spacial score (nSPS) is 16.9. The first-order valence-electron chi connectivity index (χ1n) is 12.0. The fourth-order valence-corrected chi connectivity index (χ4v) is 6.32. The Morgan fingerprint density at radius 3 is 2.65 bits per heavy atom. The third-order valence-corrected chi connectivity index (χ3v) is 8.89. The van der Waals surface area contributed by atoms with Crippen molar-refractivity contribution in [2.45, 2.75) is 29.5 Å². The maximum atomic E-state index is 14.9. The van der Waals surface area contributed by atoms with Crippen LogP contribution in [0.2, 0.25) is 5.02 Å². The van der Waals surface area contributed by atoms with Crippen LogP contribution in [0.4, 0.5) is 10.1 Å². The number of halogens is 2. The summed E-state index contributed by atoms with van der Waals surface area (Å²) in [5.74, 6) is -1.06. The summed E-state index contributed by atoms with van der Waals surface area (Å²) in [5.41, 5.74) is 2.41. The molecule has 0 unspecified atom stereocenters. The van der Waals surface area contributed by atoms with Crippen LogP contribution in [0.3, 0.4) is 0 Å². The predicted molar refractivity (Wildman–Crippen MR) is 136 cm³/mol. The molecule has 192 valence electrons. The lowest BCUT2D eigenvalue weighted by Gasteiger charge is -2.36. The Morgan fingerprint density at radius 1 is 1.11 bits per heavy atom. The van der Waals surface area contributed by atoms with Crippen molar-refractivity contribution in [1.82, 2.24) is 24.9 Å². The molecule has 1 aliphatic carbocycles. The molecule has 6 rings (SSSR count). The van der Waals surface area contributed by atoms with E-state index in [-0.39, 0.29) is 21.2 Å². The number of aromatic nitrogens is 4. The molecule has 0 radical (unpaired) electrons. The molecule has 12 heteroatoms. The van der Waals surface area contributed by atoms with Gasteiger partial charge in [-0.1, -0.05) is 22.9 Å². The third-order valence-electron chi connectivity index (χ3n) is 6.83. The molecule has 1 aliphatic heterocycles. The summed E-state index contributed by atoms with van der Waals surface area (Å²) in [6.07, 6.45) is 10.1. The van der Waals surface area contributed by atoms with Gasteiger partial charge in [0.2, 0.25) is 0 Å². The monoisotopic (exact) mass is 542 g/mol. The molecule has 0 N–H and O–H groups in total. The molecule has 2 aliphatic rings. The quantitative estimate of drug-likeness (QED) is 0.346. The van der Waals surface area contributed by atoms with Gasteiger partial charge >= 0.3 is 0 Å². The van der Waals surface area contributed by atoms with E-state index in [4.69, 9.17) is 16.0 Å². The SMILES string of the molecule is O=S(=O)(Cc1ccc(F)c(-n2cc(-c3cncc(N4CCN(C5CC5)CC4)c3)nn2)c1Cl)c1ccoc1. The van der Waals surface area contributed by atoms with Crippen LogP contribution in [-0.2, 0) is 15.6 Å². The number of piperazine rings is 1. The number of pyridine rings is 1. The fourth-order valence-electron chi connectivity index (χ4n) is 4.65. The van der Waals surface area contributed by atoms with Crippen LogP contribution in [0.1, 0.15) is 18.4 Å². The molecule has 37 heavy (non-hydrogen) atoms. The second-order valence-electron chi connectivity index (χ2n) is 9.32. The fraction of sp³-hybridized carbons (Fsp3) is 0.320. The minimum Gasteiger partial charge on any atom is -0.471 e. The number of rotatable bonds is 7. The zero-order valence-electron chi connectivity index (χ0n) is 19.8. The molecule has 1 aromatic carbocycles. The summed E-state index contributed by atoms with van der Waals surface area (Å²) in [5, 5.41) is 8.24. The lowest BCUT2D eigenvalue weighted by atomic mass is 10.2. The van der Waals surface area contributed by atoms with E-state index in [0.29, 0.717) is 5.69 Å². The highest BCUT2D eigenvalue weighted by molar-refractivity contribution is 7.90. The molecule has 1 saturated heterocycles. The number of benzene rings is 1. The molecular weight excluding hydrogens is 519 g/mol. The van der Waals surface area contributed by atoms with Crippen molar-refractivity contribution in [3.05, 3.63) is 71.8 Å². The van der Waals surface area contributed by atoms with Crippen LogP contribution in [0.25, 0.3) is 16.9 Å². The van der Waals surface area contributed by atoms with Crippen molar-refractivity contribution < 1.29 is 17.2 Å². The number of sulfone groups is 1. The Hall–Kier alpha value is -3.28. The first kappa shape index (κ1) is 24.1. The summed E-state index contributed by atoms with van der Waals surface area (Å²) in [4.78, 5) is 9.27. The maximum absolute atomic E-state index is 14.9. The molecule has 0 amide bonds. The Bertz CT molecular complexity index is 1530. The highest BCUT2D eigenvalue weighted by Gasteiger charge is 2.31. The molecule has 3 aromatic heterocycles. The number of hydrogen-bond acceptors (Lipinski definition) is 8. The largest absolute Gasteiger partial charge is 0.471 e. The first-order chi connectivity index (χ1) is 17.9. The predicted octanol–water partition coefficient (Wildman–Crippen LogP) is 3.97. The molecule has 2 fully saturated rings. The maximum Gasteiger partial charge on any atom is 0.185 e. The highest BCUT2D eigenvalue weighted by atomic mass is 35.5. The summed E-state index contributed by atoms with van der Waals surface area (Å²) < 4.78 is 46.4. The Kier molecular flexibility index (Phi) is 6.21. The van der Waals surface area contributed by atoms with Gasteiger partial charge in [-0.15, -0.1) is 5.10 Å². The first-order valence-corrected chi connectivity index (χ1v) is 14.0. The summed E-state index contributed by atoms with van der Waals surface area (Å²) in [7, 11) is -3.72. The minimum absolute atomic E-state index is 0.0267. The standard InChI is InChI=1S/C25H24ClFN6O3S/c26-24-17(16-37(34,35)21-5-10-36-15-21)1-4-22(27)25(24)33-14-23(29-30-33)18-11-20(13-28-12-18)32-8-6-31(7-9-32)19-2-3-19/h1,4-5,10-15,19H,2-3,6-9,16H2. The number of anilines is 1. The third kappa shape index (κ3) is 4.86. The smallest absolute Gasteiger partial charge is 0.185 e. The minimum atomic E-state index is -3.72. The molecule has 0 spiro atoms. The summed E-state index contributed by atoms with van der Waals surface area (Å²) in [6, 6.07) is 6.64. The average molecular weight is 543 g/mol. The molecule has 9 nitrogen and oxygen atoms in total. The van der Waals surface area contributed by atoms with Gasteiger partial charge in [-0.3, -0.25) is 9.88 Å². The van der Waals surface area contributed by atoms with Gasteiger partial charge in [0.1, 0.15) is 28.4 Å².